The molecule has 32 heavy (non-hydrogen) atoms. The molecular weight excluding hydrogens is 435 g/mol. The molecule has 2 aromatic carbocycles. The zero-order chi connectivity index (χ0) is 22.9. The number of amides is 1. The number of esters is 1. The number of thioether (sulfide) groups is 1. The maximum absolute atomic E-state index is 13.0. The van der Waals surface area contributed by atoms with Crippen molar-refractivity contribution in [1.82, 2.24) is 14.8 Å². The standard InChI is InChI=1S/C22H23FN4O4S/c1-3-27-19(13-31-18-11-7-16(23)8-12-18)25-26-22(27)32-14-20(28)24-17-9-5-15(6-10-17)21(29)30-4-2/h5-12H,3-4,13-14H2,1-2H3,(H,24,28). The minimum absolute atomic E-state index is 0.135. The van der Waals surface area contributed by atoms with Crippen molar-refractivity contribution in [2.45, 2.75) is 32.2 Å². The first-order chi connectivity index (χ1) is 15.5. The van der Waals surface area contributed by atoms with Crippen LogP contribution < -0.4 is 10.1 Å². The van der Waals surface area contributed by atoms with Crippen LogP contribution in [0.4, 0.5) is 10.1 Å². The van der Waals surface area contributed by atoms with Crippen LogP contribution in [0.1, 0.15) is 30.0 Å². The van der Waals surface area contributed by atoms with E-state index in [4.69, 9.17) is 9.47 Å². The Labute approximate surface area is 189 Å². The van der Waals surface area contributed by atoms with Gasteiger partial charge in [-0.15, -0.1) is 10.2 Å². The van der Waals surface area contributed by atoms with Crippen LogP contribution in [0.25, 0.3) is 0 Å². The van der Waals surface area contributed by atoms with E-state index in [1.807, 2.05) is 11.5 Å². The van der Waals surface area contributed by atoms with E-state index in [-0.39, 0.29) is 24.1 Å². The molecule has 0 unspecified atom stereocenters. The summed E-state index contributed by atoms with van der Waals surface area (Å²) in [5.41, 5.74) is 1.000. The van der Waals surface area contributed by atoms with Gasteiger partial charge in [0.1, 0.15) is 18.2 Å². The van der Waals surface area contributed by atoms with Crippen LogP contribution in [0.3, 0.4) is 0 Å². The molecule has 3 aromatic rings. The summed E-state index contributed by atoms with van der Waals surface area (Å²) in [6.45, 7) is 4.77. The number of carbonyl (C=O) groups is 2. The molecule has 1 aromatic heterocycles. The van der Waals surface area contributed by atoms with Crippen molar-refractivity contribution in [2.24, 2.45) is 0 Å². The molecule has 3 rings (SSSR count). The molecule has 0 aliphatic rings. The summed E-state index contributed by atoms with van der Waals surface area (Å²) in [6, 6.07) is 12.2. The summed E-state index contributed by atoms with van der Waals surface area (Å²) in [7, 11) is 0. The highest BCUT2D eigenvalue weighted by Gasteiger charge is 2.14. The van der Waals surface area contributed by atoms with Gasteiger partial charge in [0, 0.05) is 12.2 Å². The molecule has 0 atom stereocenters. The van der Waals surface area contributed by atoms with Gasteiger partial charge in [0.15, 0.2) is 11.0 Å². The number of hydrogen-bond donors (Lipinski definition) is 1. The Morgan fingerprint density at radius 2 is 1.78 bits per heavy atom. The number of nitrogens with zero attached hydrogens (tertiary/aromatic N) is 3. The summed E-state index contributed by atoms with van der Waals surface area (Å²) in [5, 5.41) is 11.7. The molecule has 0 aliphatic carbocycles. The Balaban J connectivity index is 1.53. The number of rotatable bonds is 10. The van der Waals surface area contributed by atoms with Gasteiger partial charge < -0.3 is 19.4 Å². The number of aromatic nitrogens is 3. The first-order valence-electron chi connectivity index (χ1n) is 10.0. The predicted molar refractivity (Wildman–Crippen MR) is 118 cm³/mol. The summed E-state index contributed by atoms with van der Waals surface area (Å²) in [4.78, 5) is 24.0. The molecular formula is C22H23FN4O4S. The summed E-state index contributed by atoms with van der Waals surface area (Å²) in [5.74, 6) is 0.318. The first-order valence-corrected chi connectivity index (χ1v) is 11.0. The van der Waals surface area contributed by atoms with E-state index in [0.717, 1.165) is 0 Å². The number of ether oxygens (including phenoxy) is 2. The van der Waals surface area contributed by atoms with Crippen molar-refractivity contribution in [2.75, 3.05) is 17.7 Å². The SMILES string of the molecule is CCOC(=O)c1ccc(NC(=O)CSc2nnc(COc3ccc(F)cc3)n2CC)cc1. The van der Waals surface area contributed by atoms with Gasteiger partial charge in [-0.3, -0.25) is 4.79 Å². The quantitative estimate of drug-likeness (QED) is 0.363. The van der Waals surface area contributed by atoms with Crippen molar-refractivity contribution in [3.8, 4) is 5.75 Å². The number of benzene rings is 2. The minimum atomic E-state index is -0.404. The Bertz CT molecular complexity index is 1050. The Hall–Kier alpha value is -3.40. The summed E-state index contributed by atoms with van der Waals surface area (Å²) >= 11 is 1.26. The Kier molecular flexibility index (Phi) is 8.20. The van der Waals surface area contributed by atoms with E-state index < -0.39 is 5.97 Å². The van der Waals surface area contributed by atoms with Gasteiger partial charge >= 0.3 is 5.97 Å². The predicted octanol–water partition coefficient (Wildman–Crippen LogP) is 3.92. The summed E-state index contributed by atoms with van der Waals surface area (Å²) < 4.78 is 25.4. The largest absolute Gasteiger partial charge is 0.486 e. The number of anilines is 1. The van der Waals surface area contributed by atoms with Crippen LogP contribution in [0.5, 0.6) is 5.75 Å². The van der Waals surface area contributed by atoms with E-state index in [2.05, 4.69) is 15.5 Å². The van der Waals surface area contributed by atoms with Gasteiger partial charge in [-0.05, 0) is 62.4 Å². The zero-order valence-corrected chi connectivity index (χ0v) is 18.5. The molecule has 168 valence electrons. The van der Waals surface area contributed by atoms with Crippen LogP contribution >= 0.6 is 11.8 Å². The highest BCUT2D eigenvalue weighted by molar-refractivity contribution is 7.99. The maximum Gasteiger partial charge on any atom is 0.338 e. The third-order valence-corrected chi connectivity index (χ3v) is 5.27. The smallest absolute Gasteiger partial charge is 0.338 e. The average molecular weight is 459 g/mol. The number of halogens is 1. The number of nitrogens with one attached hydrogen (secondary N) is 1. The molecule has 10 heteroatoms. The first kappa shape index (κ1) is 23.3. The van der Waals surface area contributed by atoms with Crippen molar-refractivity contribution in [3.63, 3.8) is 0 Å². The molecule has 0 spiro atoms. The van der Waals surface area contributed by atoms with Gasteiger partial charge in [0.25, 0.3) is 0 Å². The minimum Gasteiger partial charge on any atom is -0.486 e. The molecule has 1 heterocycles. The van der Waals surface area contributed by atoms with Crippen LogP contribution in [0.2, 0.25) is 0 Å². The fraction of sp³-hybridized carbons (Fsp3) is 0.273. The van der Waals surface area contributed by atoms with E-state index in [1.54, 1.807) is 43.3 Å². The van der Waals surface area contributed by atoms with Crippen molar-refractivity contribution < 1.29 is 23.5 Å². The van der Waals surface area contributed by atoms with Crippen molar-refractivity contribution in [3.05, 3.63) is 65.7 Å². The lowest BCUT2D eigenvalue weighted by Gasteiger charge is -2.09. The molecule has 8 nitrogen and oxygen atoms in total. The van der Waals surface area contributed by atoms with Gasteiger partial charge in [0.2, 0.25) is 5.91 Å². The second-order valence-corrected chi connectivity index (χ2v) is 7.46. The van der Waals surface area contributed by atoms with E-state index in [9.17, 15) is 14.0 Å². The fourth-order valence-electron chi connectivity index (χ4n) is 2.76. The molecule has 0 bridgehead atoms. The highest BCUT2D eigenvalue weighted by Crippen LogP contribution is 2.20. The molecule has 1 amide bonds. The number of carbonyl (C=O) groups excluding carboxylic acids is 2. The Morgan fingerprint density at radius 3 is 2.44 bits per heavy atom. The van der Waals surface area contributed by atoms with Gasteiger partial charge in [-0.25, -0.2) is 9.18 Å². The molecule has 0 fully saturated rings. The topological polar surface area (TPSA) is 95.3 Å². The van der Waals surface area contributed by atoms with Gasteiger partial charge in [-0.2, -0.15) is 0 Å². The monoisotopic (exact) mass is 458 g/mol. The molecule has 0 saturated carbocycles. The zero-order valence-electron chi connectivity index (χ0n) is 17.7. The van der Waals surface area contributed by atoms with Crippen LogP contribution in [-0.4, -0.2) is 39.0 Å². The van der Waals surface area contributed by atoms with Gasteiger partial charge in [0.05, 0.1) is 17.9 Å². The van der Waals surface area contributed by atoms with E-state index in [0.29, 0.717) is 41.1 Å². The van der Waals surface area contributed by atoms with Crippen LogP contribution in [0, 0.1) is 5.82 Å². The van der Waals surface area contributed by atoms with E-state index in [1.165, 1.54) is 23.9 Å². The second kappa shape index (κ2) is 11.3. The average Bonchev–Trinajstić information content (AvgIpc) is 3.19. The fourth-order valence-corrected chi connectivity index (χ4v) is 3.58. The lowest BCUT2D eigenvalue weighted by molar-refractivity contribution is -0.113. The van der Waals surface area contributed by atoms with Crippen LogP contribution in [0.15, 0.2) is 53.7 Å². The molecule has 0 radical (unpaired) electrons. The normalized spacial score (nSPS) is 10.6. The molecule has 0 aliphatic heterocycles. The molecule has 1 N–H and O–H groups in total. The summed E-state index contributed by atoms with van der Waals surface area (Å²) in [6.07, 6.45) is 0. The highest BCUT2D eigenvalue weighted by atomic mass is 32.2. The van der Waals surface area contributed by atoms with Gasteiger partial charge in [-0.1, -0.05) is 11.8 Å². The van der Waals surface area contributed by atoms with E-state index >= 15 is 0 Å². The number of hydrogen-bond acceptors (Lipinski definition) is 7. The lowest BCUT2D eigenvalue weighted by atomic mass is 10.2. The van der Waals surface area contributed by atoms with Crippen LogP contribution in [-0.2, 0) is 22.7 Å². The van der Waals surface area contributed by atoms with Crippen molar-refractivity contribution in [1.29, 1.82) is 0 Å². The second-order valence-electron chi connectivity index (χ2n) is 6.52. The van der Waals surface area contributed by atoms with Crippen molar-refractivity contribution >= 4 is 29.3 Å². The maximum atomic E-state index is 13.0. The third kappa shape index (κ3) is 6.30. The Morgan fingerprint density at radius 1 is 1.06 bits per heavy atom. The lowest BCUT2D eigenvalue weighted by Crippen LogP contribution is -2.15. The molecule has 0 saturated heterocycles. The third-order valence-electron chi connectivity index (χ3n) is 4.30.